The molecule has 1 unspecified atom stereocenters. The van der Waals surface area contributed by atoms with Crippen molar-refractivity contribution < 1.29 is 9.47 Å². The quantitative estimate of drug-likeness (QED) is 0.730. The molecule has 0 aliphatic rings. The fourth-order valence-corrected chi connectivity index (χ4v) is 1.44. The van der Waals surface area contributed by atoms with Gasteiger partial charge in [-0.3, -0.25) is 9.36 Å². The highest BCUT2D eigenvalue weighted by atomic mass is 35.5. The molecule has 0 aliphatic heterocycles. The van der Waals surface area contributed by atoms with Gasteiger partial charge >= 0.3 is 0 Å². The summed E-state index contributed by atoms with van der Waals surface area (Å²) in [6, 6.07) is -0.110. The lowest BCUT2D eigenvalue weighted by Crippen LogP contribution is -2.27. The smallest absolute Gasteiger partial charge is 0.297 e. The Morgan fingerprint density at radius 2 is 2.27 bits per heavy atom. The highest BCUT2D eigenvalue weighted by molar-refractivity contribution is 6.30. The second-order valence-electron chi connectivity index (χ2n) is 3.09. The summed E-state index contributed by atoms with van der Waals surface area (Å²) in [5.74, 6) is 0.0575. The van der Waals surface area contributed by atoms with E-state index < -0.39 is 0 Å². The van der Waals surface area contributed by atoms with Gasteiger partial charge in [0.2, 0.25) is 5.75 Å². The molecule has 1 heterocycles. The molecule has 0 aliphatic carbocycles. The van der Waals surface area contributed by atoms with Crippen LogP contribution in [0.3, 0.4) is 0 Å². The first-order chi connectivity index (χ1) is 7.11. The third-order valence-corrected chi connectivity index (χ3v) is 2.27. The first kappa shape index (κ1) is 12.0. The average molecular weight is 233 g/mol. The van der Waals surface area contributed by atoms with Crippen LogP contribution in [-0.2, 0) is 4.74 Å². The predicted molar refractivity (Wildman–Crippen MR) is 56.6 cm³/mol. The van der Waals surface area contributed by atoms with Gasteiger partial charge < -0.3 is 9.47 Å². The van der Waals surface area contributed by atoms with Crippen LogP contribution in [0.2, 0.25) is 5.15 Å². The highest BCUT2D eigenvalue weighted by Crippen LogP contribution is 2.16. The van der Waals surface area contributed by atoms with Crippen molar-refractivity contribution in [1.29, 1.82) is 0 Å². The largest absolute Gasteiger partial charge is 0.489 e. The minimum atomic E-state index is -0.304. The Balaban J connectivity index is 3.16. The number of hydrogen-bond donors (Lipinski definition) is 0. The SMILES string of the molecule is COCC(C)n1cnc(Cl)c(OC)c1=O. The Bertz CT molecular complexity index is 391. The molecule has 1 rings (SSSR count). The maximum absolute atomic E-state index is 11.8. The molecule has 0 bridgehead atoms. The van der Waals surface area contributed by atoms with Crippen molar-refractivity contribution >= 4 is 11.6 Å². The lowest BCUT2D eigenvalue weighted by molar-refractivity contribution is 0.159. The number of ether oxygens (including phenoxy) is 2. The fraction of sp³-hybridized carbons (Fsp3) is 0.556. The van der Waals surface area contributed by atoms with E-state index in [2.05, 4.69) is 4.98 Å². The molecular weight excluding hydrogens is 220 g/mol. The molecule has 84 valence electrons. The molecule has 1 atom stereocenters. The molecule has 6 heteroatoms. The minimum Gasteiger partial charge on any atom is -0.489 e. The molecule has 0 spiro atoms. The average Bonchev–Trinajstić information content (AvgIpc) is 2.18. The topological polar surface area (TPSA) is 53.4 Å². The second-order valence-corrected chi connectivity index (χ2v) is 3.44. The van der Waals surface area contributed by atoms with Gasteiger partial charge in [0.25, 0.3) is 5.56 Å². The zero-order valence-electron chi connectivity index (χ0n) is 8.86. The Kier molecular flexibility index (Phi) is 4.11. The molecule has 0 fully saturated rings. The molecule has 15 heavy (non-hydrogen) atoms. The summed E-state index contributed by atoms with van der Waals surface area (Å²) in [6.45, 7) is 2.27. The predicted octanol–water partition coefficient (Wildman–Crippen LogP) is 1.11. The molecule has 0 amide bonds. The van der Waals surface area contributed by atoms with Crippen LogP contribution in [0.25, 0.3) is 0 Å². The van der Waals surface area contributed by atoms with Crippen LogP contribution in [0.5, 0.6) is 5.75 Å². The summed E-state index contributed by atoms with van der Waals surface area (Å²) in [5, 5.41) is 0.0726. The van der Waals surface area contributed by atoms with Gasteiger partial charge in [0.05, 0.1) is 26.1 Å². The maximum Gasteiger partial charge on any atom is 0.297 e. The zero-order chi connectivity index (χ0) is 11.4. The van der Waals surface area contributed by atoms with Crippen LogP contribution in [0.1, 0.15) is 13.0 Å². The van der Waals surface area contributed by atoms with Gasteiger partial charge in [-0.25, -0.2) is 4.98 Å². The highest BCUT2D eigenvalue weighted by Gasteiger charge is 2.13. The lowest BCUT2D eigenvalue weighted by Gasteiger charge is -2.14. The van der Waals surface area contributed by atoms with Crippen molar-refractivity contribution in [2.45, 2.75) is 13.0 Å². The standard InChI is InChI=1S/C9H13ClN2O3/c1-6(4-14-2)12-5-11-8(10)7(15-3)9(12)13/h5-6H,4H2,1-3H3. The van der Waals surface area contributed by atoms with E-state index in [0.717, 1.165) is 0 Å². The van der Waals surface area contributed by atoms with E-state index in [1.807, 2.05) is 6.92 Å². The summed E-state index contributed by atoms with van der Waals surface area (Å²) >= 11 is 5.70. The summed E-state index contributed by atoms with van der Waals surface area (Å²) in [7, 11) is 2.96. The van der Waals surface area contributed by atoms with Crippen LogP contribution in [-0.4, -0.2) is 30.4 Å². The van der Waals surface area contributed by atoms with Gasteiger partial charge in [-0.15, -0.1) is 0 Å². The zero-order valence-corrected chi connectivity index (χ0v) is 9.61. The molecular formula is C9H13ClN2O3. The molecule has 0 aromatic carbocycles. The normalized spacial score (nSPS) is 12.5. The van der Waals surface area contributed by atoms with Crippen molar-refractivity contribution in [3.05, 3.63) is 21.8 Å². The fourth-order valence-electron chi connectivity index (χ4n) is 1.24. The molecule has 0 N–H and O–H groups in total. The van der Waals surface area contributed by atoms with E-state index in [-0.39, 0.29) is 22.5 Å². The van der Waals surface area contributed by atoms with Crippen LogP contribution in [0.4, 0.5) is 0 Å². The lowest BCUT2D eigenvalue weighted by atomic mass is 10.3. The number of nitrogens with zero attached hydrogens (tertiary/aromatic N) is 2. The molecule has 1 aromatic rings. The Labute approximate surface area is 92.6 Å². The van der Waals surface area contributed by atoms with Crippen molar-refractivity contribution in [3.8, 4) is 5.75 Å². The number of methoxy groups -OCH3 is 2. The van der Waals surface area contributed by atoms with Gasteiger partial charge in [0.1, 0.15) is 0 Å². The van der Waals surface area contributed by atoms with Gasteiger partial charge in [-0.1, -0.05) is 11.6 Å². The first-order valence-corrected chi connectivity index (χ1v) is 4.79. The summed E-state index contributed by atoms with van der Waals surface area (Å²) in [6.07, 6.45) is 1.39. The summed E-state index contributed by atoms with van der Waals surface area (Å²) < 4.78 is 11.3. The van der Waals surface area contributed by atoms with Crippen molar-refractivity contribution in [2.24, 2.45) is 0 Å². The van der Waals surface area contributed by atoms with Crippen molar-refractivity contribution in [1.82, 2.24) is 9.55 Å². The van der Waals surface area contributed by atoms with Crippen molar-refractivity contribution in [3.63, 3.8) is 0 Å². The van der Waals surface area contributed by atoms with Gasteiger partial charge in [0.15, 0.2) is 5.15 Å². The number of hydrogen-bond acceptors (Lipinski definition) is 4. The van der Waals surface area contributed by atoms with E-state index in [1.165, 1.54) is 18.0 Å². The van der Waals surface area contributed by atoms with E-state index in [1.54, 1.807) is 7.11 Å². The Hall–Kier alpha value is -1.07. The van der Waals surface area contributed by atoms with Crippen molar-refractivity contribution in [2.75, 3.05) is 20.8 Å². The molecule has 0 saturated carbocycles. The summed E-state index contributed by atoms with van der Waals surface area (Å²) in [4.78, 5) is 15.7. The number of aromatic nitrogens is 2. The third-order valence-electron chi connectivity index (χ3n) is 2.00. The van der Waals surface area contributed by atoms with E-state index in [9.17, 15) is 4.79 Å². The van der Waals surface area contributed by atoms with Crippen LogP contribution in [0.15, 0.2) is 11.1 Å². The monoisotopic (exact) mass is 232 g/mol. The second kappa shape index (κ2) is 5.14. The van der Waals surface area contributed by atoms with Crippen LogP contribution >= 0.6 is 11.6 Å². The minimum absolute atomic E-state index is 0.0575. The van der Waals surface area contributed by atoms with E-state index in [0.29, 0.717) is 6.61 Å². The molecule has 0 saturated heterocycles. The molecule has 0 radical (unpaired) electrons. The van der Waals surface area contributed by atoms with Gasteiger partial charge in [-0.2, -0.15) is 0 Å². The maximum atomic E-state index is 11.8. The van der Waals surface area contributed by atoms with E-state index >= 15 is 0 Å². The molecule has 5 nitrogen and oxygen atoms in total. The molecule has 1 aromatic heterocycles. The number of rotatable bonds is 4. The first-order valence-electron chi connectivity index (χ1n) is 4.41. The van der Waals surface area contributed by atoms with E-state index in [4.69, 9.17) is 21.1 Å². The van der Waals surface area contributed by atoms with Crippen LogP contribution in [0, 0.1) is 0 Å². The van der Waals surface area contributed by atoms with Gasteiger partial charge in [-0.05, 0) is 6.92 Å². The number of halogens is 1. The summed E-state index contributed by atoms with van der Waals surface area (Å²) in [5.41, 5.74) is -0.304. The Morgan fingerprint density at radius 3 is 2.80 bits per heavy atom. The Morgan fingerprint density at radius 1 is 1.60 bits per heavy atom. The van der Waals surface area contributed by atoms with Crippen LogP contribution < -0.4 is 10.3 Å². The van der Waals surface area contributed by atoms with Gasteiger partial charge in [0, 0.05) is 7.11 Å². The third kappa shape index (κ3) is 2.49.